The summed E-state index contributed by atoms with van der Waals surface area (Å²) in [6.07, 6.45) is 0.837. The molecule has 0 aromatic heterocycles. The summed E-state index contributed by atoms with van der Waals surface area (Å²) in [5, 5.41) is 12.0. The Morgan fingerprint density at radius 2 is 2.15 bits per heavy atom. The van der Waals surface area contributed by atoms with Crippen molar-refractivity contribution in [3.8, 4) is 0 Å². The van der Waals surface area contributed by atoms with Crippen LogP contribution in [0.25, 0.3) is 0 Å². The summed E-state index contributed by atoms with van der Waals surface area (Å²) < 4.78 is 22.8. The summed E-state index contributed by atoms with van der Waals surface area (Å²) in [5.41, 5.74) is 0. The first kappa shape index (κ1) is 11.1. The lowest BCUT2D eigenvalue weighted by Crippen LogP contribution is -2.40. The number of aliphatic hydroxyl groups is 1. The van der Waals surface area contributed by atoms with Crippen molar-refractivity contribution in [3.05, 3.63) is 0 Å². The maximum absolute atomic E-state index is 11.9. The fraction of sp³-hybridized carbons (Fsp3) is 1.00. The molecular formula is C8H16FNO2S. The van der Waals surface area contributed by atoms with Crippen LogP contribution in [0.3, 0.4) is 0 Å². The van der Waals surface area contributed by atoms with Crippen molar-refractivity contribution in [2.24, 2.45) is 0 Å². The Bertz CT molecular complexity index is 170. The molecule has 3 nitrogen and oxygen atoms in total. The van der Waals surface area contributed by atoms with E-state index in [-0.39, 0.29) is 0 Å². The zero-order valence-electron chi connectivity index (χ0n) is 7.54. The van der Waals surface area contributed by atoms with Gasteiger partial charge in [0.1, 0.15) is 6.67 Å². The van der Waals surface area contributed by atoms with E-state index in [1.54, 1.807) is 0 Å². The maximum Gasteiger partial charge on any atom is 0.117 e. The van der Waals surface area contributed by atoms with Crippen molar-refractivity contribution < 1.29 is 13.7 Å². The van der Waals surface area contributed by atoms with Gasteiger partial charge < -0.3 is 10.4 Å². The van der Waals surface area contributed by atoms with Crippen LogP contribution in [-0.2, 0) is 10.8 Å². The van der Waals surface area contributed by atoms with Crippen molar-refractivity contribution in [2.45, 2.75) is 25.0 Å². The quantitative estimate of drug-likeness (QED) is 0.675. The number of hydrogen-bond acceptors (Lipinski definition) is 3. The summed E-state index contributed by atoms with van der Waals surface area (Å²) >= 11 is 0. The zero-order valence-corrected chi connectivity index (χ0v) is 8.36. The SMILES string of the molecule is O=S1CCC(NCC(O)CF)CC1. The Kier molecular flexibility index (Phi) is 4.83. The molecule has 0 amide bonds. The third-order valence-corrected chi connectivity index (χ3v) is 3.59. The molecular weight excluding hydrogens is 193 g/mol. The highest BCUT2D eigenvalue weighted by molar-refractivity contribution is 7.85. The topological polar surface area (TPSA) is 49.3 Å². The van der Waals surface area contributed by atoms with E-state index in [2.05, 4.69) is 5.32 Å². The van der Waals surface area contributed by atoms with Crippen molar-refractivity contribution in [1.82, 2.24) is 5.32 Å². The second-order valence-electron chi connectivity index (χ2n) is 3.34. The van der Waals surface area contributed by atoms with Gasteiger partial charge in [0, 0.05) is 34.9 Å². The molecule has 0 spiro atoms. The molecule has 1 fully saturated rings. The molecule has 1 unspecified atom stereocenters. The minimum Gasteiger partial charge on any atom is -0.389 e. The number of rotatable bonds is 4. The third kappa shape index (κ3) is 4.15. The second-order valence-corrected chi connectivity index (χ2v) is 5.03. The molecule has 78 valence electrons. The van der Waals surface area contributed by atoms with Crippen LogP contribution >= 0.6 is 0 Å². The van der Waals surface area contributed by atoms with Crippen molar-refractivity contribution in [2.75, 3.05) is 24.7 Å². The van der Waals surface area contributed by atoms with Gasteiger partial charge >= 0.3 is 0 Å². The van der Waals surface area contributed by atoms with E-state index in [1.807, 2.05) is 0 Å². The number of nitrogens with one attached hydrogen (secondary N) is 1. The Balaban J connectivity index is 2.12. The van der Waals surface area contributed by atoms with Gasteiger partial charge in [0.25, 0.3) is 0 Å². The number of aliphatic hydroxyl groups excluding tert-OH is 1. The van der Waals surface area contributed by atoms with Crippen LogP contribution in [0.2, 0.25) is 0 Å². The van der Waals surface area contributed by atoms with Gasteiger partial charge in [-0.25, -0.2) is 4.39 Å². The predicted octanol–water partition coefficient (Wildman–Crippen LogP) is -0.183. The first-order chi connectivity index (χ1) is 6.22. The minimum atomic E-state index is -0.896. The van der Waals surface area contributed by atoms with E-state index in [1.165, 1.54) is 0 Å². The molecule has 2 N–H and O–H groups in total. The van der Waals surface area contributed by atoms with Crippen LogP contribution in [-0.4, -0.2) is 46.2 Å². The van der Waals surface area contributed by atoms with Gasteiger partial charge in [0.2, 0.25) is 0 Å². The van der Waals surface area contributed by atoms with E-state index >= 15 is 0 Å². The summed E-state index contributed by atoms with van der Waals surface area (Å²) in [6, 6.07) is 0.305. The van der Waals surface area contributed by atoms with Gasteiger partial charge in [-0.15, -0.1) is 0 Å². The van der Waals surface area contributed by atoms with Crippen molar-refractivity contribution >= 4 is 10.8 Å². The fourth-order valence-corrected chi connectivity index (χ4v) is 2.65. The van der Waals surface area contributed by atoms with Crippen LogP contribution < -0.4 is 5.32 Å². The van der Waals surface area contributed by atoms with Crippen LogP contribution in [0, 0.1) is 0 Å². The van der Waals surface area contributed by atoms with Gasteiger partial charge in [-0.3, -0.25) is 4.21 Å². The molecule has 1 rings (SSSR count). The van der Waals surface area contributed by atoms with Gasteiger partial charge in [-0.05, 0) is 12.8 Å². The molecule has 13 heavy (non-hydrogen) atoms. The molecule has 1 heterocycles. The Labute approximate surface area is 80.2 Å². The Morgan fingerprint density at radius 3 is 2.69 bits per heavy atom. The standard InChI is InChI=1S/C8H16FNO2S/c9-5-8(11)6-10-7-1-3-13(12)4-2-7/h7-8,10-11H,1-6H2. The maximum atomic E-state index is 11.9. The Morgan fingerprint density at radius 1 is 1.54 bits per heavy atom. The molecule has 1 atom stereocenters. The van der Waals surface area contributed by atoms with E-state index < -0.39 is 23.6 Å². The van der Waals surface area contributed by atoms with Crippen molar-refractivity contribution in [3.63, 3.8) is 0 Å². The van der Waals surface area contributed by atoms with Gasteiger partial charge in [0.05, 0.1) is 6.10 Å². The van der Waals surface area contributed by atoms with Crippen LogP contribution in [0.5, 0.6) is 0 Å². The summed E-state index contributed by atoms with van der Waals surface area (Å²) in [6.45, 7) is -0.403. The molecule has 0 radical (unpaired) electrons. The molecule has 0 aromatic rings. The monoisotopic (exact) mass is 209 g/mol. The van der Waals surface area contributed by atoms with Gasteiger partial charge in [-0.2, -0.15) is 0 Å². The lowest BCUT2D eigenvalue weighted by atomic mass is 10.1. The molecule has 1 saturated heterocycles. The van der Waals surface area contributed by atoms with Gasteiger partial charge in [-0.1, -0.05) is 0 Å². The summed E-state index contributed by atoms with van der Waals surface area (Å²) in [7, 11) is -0.654. The lowest BCUT2D eigenvalue weighted by Gasteiger charge is -2.23. The highest BCUT2D eigenvalue weighted by Crippen LogP contribution is 2.08. The van der Waals surface area contributed by atoms with Crippen molar-refractivity contribution in [1.29, 1.82) is 0 Å². The zero-order chi connectivity index (χ0) is 9.68. The predicted molar refractivity (Wildman–Crippen MR) is 50.9 cm³/mol. The molecule has 0 aromatic carbocycles. The fourth-order valence-electron chi connectivity index (χ4n) is 1.36. The molecule has 1 aliphatic heterocycles. The molecule has 1 aliphatic rings. The number of halogens is 1. The smallest absolute Gasteiger partial charge is 0.117 e. The van der Waals surface area contributed by atoms with E-state index in [0.717, 1.165) is 24.3 Å². The largest absolute Gasteiger partial charge is 0.389 e. The van der Waals surface area contributed by atoms with E-state index in [0.29, 0.717) is 12.6 Å². The molecule has 5 heteroatoms. The van der Waals surface area contributed by atoms with Crippen LogP contribution in [0.4, 0.5) is 4.39 Å². The highest BCUT2D eigenvalue weighted by Gasteiger charge is 2.17. The summed E-state index contributed by atoms with van der Waals surface area (Å²) in [5.74, 6) is 1.45. The second kappa shape index (κ2) is 5.67. The number of hydrogen-bond donors (Lipinski definition) is 2. The minimum absolute atomic E-state index is 0.299. The lowest BCUT2D eigenvalue weighted by molar-refractivity contribution is 0.133. The summed E-state index contributed by atoms with van der Waals surface area (Å²) in [4.78, 5) is 0. The van der Waals surface area contributed by atoms with E-state index in [4.69, 9.17) is 5.11 Å². The highest BCUT2D eigenvalue weighted by atomic mass is 32.2. The van der Waals surface area contributed by atoms with Crippen LogP contribution in [0.1, 0.15) is 12.8 Å². The first-order valence-electron chi connectivity index (χ1n) is 4.54. The first-order valence-corrected chi connectivity index (χ1v) is 6.03. The third-order valence-electron chi connectivity index (χ3n) is 2.21. The number of alkyl halides is 1. The molecule has 0 aliphatic carbocycles. The average molecular weight is 209 g/mol. The average Bonchev–Trinajstić information content (AvgIpc) is 2.16. The Hall–Kier alpha value is -0.0000000000000000555. The normalized spacial score (nSPS) is 31.5. The van der Waals surface area contributed by atoms with Crippen LogP contribution in [0.15, 0.2) is 0 Å². The molecule has 0 saturated carbocycles. The molecule has 0 bridgehead atoms. The van der Waals surface area contributed by atoms with E-state index in [9.17, 15) is 8.60 Å². The van der Waals surface area contributed by atoms with Gasteiger partial charge in [0.15, 0.2) is 0 Å².